The molecule has 3 aromatic rings. The van der Waals surface area contributed by atoms with E-state index in [9.17, 15) is 4.79 Å². The zero-order valence-corrected chi connectivity index (χ0v) is 13.0. The molecule has 0 aliphatic carbocycles. The standard InChI is InChI=1S/C17H17N5O2/c18-16-15-7-6-14(22(15)20-11-19-16)13-8-21(9-13)17(23)24-10-12-4-2-1-3-5-12/h1-7,11,13H,8-10H2,(H2,18,19,20). The van der Waals surface area contributed by atoms with E-state index in [-0.39, 0.29) is 12.0 Å². The van der Waals surface area contributed by atoms with Crippen LogP contribution in [0.2, 0.25) is 0 Å². The molecule has 1 aliphatic rings. The summed E-state index contributed by atoms with van der Waals surface area (Å²) in [5.41, 5.74) is 8.65. The van der Waals surface area contributed by atoms with Crippen LogP contribution in [0.25, 0.3) is 5.52 Å². The van der Waals surface area contributed by atoms with Crippen molar-refractivity contribution >= 4 is 17.4 Å². The van der Waals surface area contributed by atoms with E-state index in [4.69, 9.17) is 10.5 Å². The molecule has 7 nitrogen and oxygen atoms in total. The first kappa shape index (κ1) is 14.5. The van der Waals surface area contributed by atoms with Crippen molar-refractivity contribution < 1.29 is 9.53 Å². The molecule has 4 rings (SSSR count). The number of likely N-dealkylation sites (tertiary alicyclic amines) is 1. The Morgan fingerprint density at radius 2 is 2.00 bits per heavy atom. The number of nitrogens with two attached hydrogens (primary N) is 1. The molecule has 0 radical (unpaired) electrons. The third-order valence-electron chi connectivity index (χ3n) is 4.27. The first-order valence-electron chi connectivity index (χ1n) is 7.76. The second kappa shape index (κ2) is 5.84. The van der Waals surface area contributed by atoms with Crippen molar-refractivity contribution in [1.29, 1.82) is 0 Å². The Hall–Kier alpha value is -3.09. The lowest BCUT2D eigenvalue weighted by atomic mass is 9.97. The molecule has 0 atom stereocenters. The van der Waals surface area contributed by atoms with Crippen molar-refractivity contribution in [2.24, 2.45) is 0 Å². The van der Waals surface area contributed by atoms with E-state index in [1.165, 1.54) is 6.33 Å². The fourth-order valence-corrected chi connectivity index (χ4v) is 2.91. The lowest BCUT2D eigenvalue weighted by molar-refractivity contribution is 0.0654. The number of ether oxygens (including phenoxy) is 1. The molecule has 1 amide bonds. The summed E-state index contributed by atoms with van der Waals surface area (Å²) in [6.07, 6.45) is 1.15. The van der Waals surface area contributed by atoms with Gasteiger partial charge in [-0.25, -0.2) is 14.3 Å². The van der Waals surface area contributed by atoms with Crippen molar-refractivity contribution in [3.63, 3.8) is 0 Å². The third kappa shape index (κ3) is 2.54. The molecule has 2 aromatic heterocycles. The quantitative estimate of drug-likeness (QED) is 0.797. The Morgan fingerprint density at radius 1 is 1.21 bits per heavy atom. The van der Waals surface area contributed by atoms with Crippen LogP contribution in [-0.4, -0.2) is 38.7 Å². The normalized spacial score (nSPS) is 14.6. The average molecular weight is 323 g/mol. The SMILES string of the molecule is Nc1ncnn2c(C3CN(C(=O)OCc4ccccc4)C3)ccc12. The van der Waals surface area contributed by atoms with Crippen molar-refractivity contribution in [1.82, 2.24) is 19.5 Å². The molecule has 1 aliphatic heterocycles. The Kier molecular flexibility index (Phi) is 3.53. The molecule has 0 unspecified atom stereocenters. The summed E-state index contributed by atoms with van der Waals surface area (Å²) in [5.74, 6) is 0.681. The predicted molar refractivity (Wildman–Crippen MR) is 88.3 cm³/mol. The van der Waals surface area contributed by atoms with E-state index in [1.54, 1.807) is 9.42 Å². The molecule has 0 spiro atoms. The van der Waals surface area contributed by atoms with E-state index >= 15 is 0 Å². The third-order valence-corrected chi connectivity index (χ3v) is 4.27. The Labute approximate surface area is 138 Å². The van der Waals surface area contributed by atoms with Gasteiger partial charge in [-0.3, -0.25) is 0 Å². The number of amides is 1. The fourth-order valence-electron chi connectivity index (χ4n) is 2.91. The number of carbonyl (C=O) groups excluding carboxylic acids is 1. The van der Waals surface area contributed by atoms with Crippen LogP contribution in [0.3, 0.4) is 0 Å². The fraction of sp³-hybridized carbons (Fsp3) is 0.235. The van der Waals surface area contributed by atoms with Crippen LogP contribution in [0.4, 0.5) is 10.6 Å². The maximum atomic E-state index is 12.1. The Morgan fingerprint density at radius 3 is 2.79 bits per heavy atom. The molecule has 1 aromatic carbocycles. The van der Waals surface area contributed by atoms with Gasteiger partial charge in [-0.2, -0.15) is 5.10 Å². The Bertz CT molecular complexity index is 871. The smallest absolute Gasteiger partial charge is 0.410 e. The number of anilines is 1. The predicted octanol–water partition coefficient (Wildman–Crippen LogP) is 2.05. The number of hydrogen-bond acceptors (Lipinski definition) is 5. The number of nitrogens with zero attached hydrogens (tertiary/aromatic N) is 4. The minimum atomic E-state index is -0.287. The van der Waals surface area contributed by atoms with Crippen molar-refractivity contribution in [3.05, 3.63) is 60.0 Å². The lowest BCUT2D eigenvalue weighted by Crippen LogP contribution is -2.49. The second-order valence-electron chi connectivity index (χ2n) is 5.84. The van der Waals surface area contributed by atoms with Crippen LogP contribution in [0.5, 0.6) is 0 Å². The van der Waals surface area contributed by atoms with Gasteiger partial charge in [0.25, 0.3) is 0 Å². The van der Waals surface area contributed by atoms with Gasteiger partial charge in [0.15, 0.2) is 5.82 Å². The highest BCUT2D eigenvalue weighted by atomic mass is 16.6. The first-order valence-corrected chi connectivity index (χ1v) is 7.76. The molecule has 3 heterocycles. The number of nitrogen functional groups attached to an aromatic ring is 1. The van der Waals surface area contributed by atoms with Crippen molar-refractivity contribution in [2.75, 3.05) is 18.8 Å². The molecule has 1 fully saturated rings. The average Bonchev–Trinajstić information content (AvgIpc) is 2.98. The monoisotopic (exact) mass is 323 g/mol. The summed E-state index contributed by atoms with van der Waals surface area (Å²) in [4.78, 5) is 17.8. The summed E-state index contributed by atoms with van der Waals surface area (Å²) < 4.78 is 7.13. The highest BCUT2D eigenvalue weighted by Crippen LogP contribution is 2.29. The molecule has 1 saturated heterocycles. The topological polar surface area (TPSA) is 85.8 Å². The molecular formula is C17H17N5O2. The van der Waals surface area contributed by atoms with Gasteiger partial charge in [-0.15, -0.1) is 0 Å². The van der Waals surface area contributed by atoms with E-state index in [0.717, 1.165) is 16.8 Å². The van der Waals surface area contributed by atoms with Gasteiger partial charge in [0.2, 0.25) is 0 Å². The summed E-state index contributed by atoms with van der Waals surface area (Å²) in [6.45, 7) is 1.52. The number of fused-ring (bicyclic) bond motifs is 1. The summed E-state index contributed by atoms with van der Waals surface area (Å²) >= 11 is 0. The van der Waals surface area contributed by atoms with Crippen molar-refractivity contribution in [3.8, 4) is 0 Å². The number of hydrogen-bond donors (Lipinski definition) is 1. The maximum Gasteiger partial charge on any atom is 0.410 e. The van der Waals surface area contributed by atoms with Crippen LogP contribution in [0.1, 0.15) is 17.2 Å². The highest BCUT2D eigenvalue weighted by molar-refractivity contribution is 5.70. The first-order chi connectivity index (χ1) is 11.7. The highest BCUT2D eigenvalue weighted by Gasteiger charge is 2.34. The van der Waals surface area contributed by atoms with Crippen molar-refractivity contribution in [2.45, 2.75) is 12.5 Å². The molecule has 0 bridgehead atoms. The van der Waals surface area contributed by atoms with Crippen LogP contribution < -0.4 is 5.73 Å². The number of aromatic nitrogens is 3. The molecule has 2 N–H and O–H groups in total. The zero-order chi connectivity index (χ0) is 16.5. The molecular weight excluding hydrogens is 306 g/mol. The molecule has 24 heavy (non-hydrogen) atoms. The van der Waals surface area contributed by atoms with Crippen LogP contribution >= 0.6 is 0 Å². The van der Waals surface area contributed by atoms with Gasteiger partial charge in [0, 0.05) is 24.7 Å². The second-order valence-corrected chi connectivity index (χ2v) is 5.84. The number of carbonyl (C=O) groups is 1. The summed E-state index contributed by atoms with van der Waals surface area (Å²) in [6, 6.07) is 13.5. The number of benzene rings is 1. The van der Waals surface area contributed by atoms with E-state index < -0.39 is 0 Å². The summed E-state index contributed by atoms with van der Waals surface area (Å²) in [5, 5.41) is 4.24. The lowest BCUT2D eigenvalue weighted by Gasteiger charge is -2.38. The van der Waals surface area contributed by atoms with E-state index in [0.29, 0.717) is 25.5 Å². The van der Waals surface area contributed by atoms with Crippen LogP contribution in [0, 0.1) is 0 Å². The van der Waals surface area contributed by atoms with Gasteiger partial charge < -0.3 is 15.4 Å². The minimum Gasteiger partial charge on any atom is -0.445 e. The van der Waals surface area contributed by atoms with Crippen LogP contribution in [-0.2, 0) is 11.3 Å². The maximum absolute atomic E-state index is 12.1. The van der Waals surface area contributed by atoms with E-state index in [1.807, 2.05) is 42.5 Å². The van der Waals surface area contributed by atoms with Crippen LogP contribution in [0.15, 0.2) is 48.8 Å². The largest absolute Gasteiger partial charge is 0.445 e. The molecule has 0 saturated carbocycles. The number of rotatable bonds is 3. The van der Waals surface area contributed by atoms with Gasteiger partial charge in [0.05, 0.1) is 0 Å². The molecule has 122 valence electrons. The van der Waals surface area contributed by atoms with Gasteiger partial charge in [-0.05, 0) is 17.7 Å². The molecule has 7 heteroatoms. The van der Waals surface area contributed by atoms with Gasteiger partial charge in [0.1, 0.15) is 18.5 Å². The Balaban J connectivity index is 1.37. The van der Waals surface area contributed by atoms with Gasteiger partial charge in [-0.1, -0.05) is 30.3 Å². The van der Waals surface area contributed by atoms with Gasteiger partial charge >= 0.3 is 6.09 Å². The minimum absolute atomic E-state index is 0.228. The zero-order valence-electron chi connectivity index (χ0n) is 13.0. The van der Waals surface area contributed by atoms with E-state index in [2.05, 4.69) is 10.1 Å². The summed E-state index contributed by atoms with van der Waals surface area (Å²) in [7, 11) is 0.